The first-order valence-electron chi connectivity index (χ1n) is 10.6. The van der Waals surface area contributed by atoms with Crippen LogP contribution in [0.1, 0.15) is 53.4 Å². The molecule has 0 fully saturated rings. The van der Waals surface area contributed by atoms with Crippen LogP contribution < -0.4 is 5.73 Å². The van der Waals surface area contributed by atoms with Crippen LogP contribution in [-0.4, -0.2) is 9.67 Å². The molecule has 0 aliphatic heterocycles. The normalized spacial score (nSPS) is 34.7. The molecule has 0 heterocycles. The van der Waals surface area contributed by atoms with Crippen molar-refractivity contribution >= 4 is 12.6 Å². The summed E-state index contributed by atoms with van der Waals surface area (Å²) in [7, 11) is 0. The fourth-order valence-electron chi connectivity index (χ4n) is 3.86. The summed E-state index contributed by atoms with van der Waals surface area (Å²) >= 11 is 4.56. The lowest BCUT2D eigenvalue weighted by molar-refractivity contribution is -0.437. The lowest BCUT2D eigenvalue weighted by Crippen LogP contribution is -2.29. The van der Waals surface area contributed by atoms with Gasteiger partial charge in [0.05, 0.1) is 4.92 Å². The lowest BCUT2D eigenvalue weighted by atomic mass is 9.76. The number of nitrogens with two attached hydrogens (primary N) is 1. The highest BCUT2D eigenvalue weighted by atomic mass is 32.1. The molecule has 0 saturated heterocycles. The maximum absolute atomic E-state index is 11.9. The molecule has 0 saturated carbocycles. The average Bonchev–Trinajstić information content (AvgIpc) is 2.69. The van der Waals surface area contributed by atoms with Gasteiger partial charge < -0.3 is 5.73 Å². The Hall–Kier alpha value is -2.63. The van der Waals surface area contributed by atoms with E-state index in [4.69, 9.17) is 5.73 Å². The van der Waals surface area contributed by atoms with Crippen LogP contribution in [0.5, 0.6) is 0 Å². The van der Waals surface area contributed by atoms with Gasteiger partial charge in [-0.05, 0) is 52.0 Å². The molecule has 0 aromatic carbocycles. The molecule has 0 amide bonds. The average molecular weight is 435 g/mol. The maximum Gasteiger partial charge on any atom is 0.265 e. The molecule has 2 N–H and O–H groups in total. The van der Waals surface area contributed by atoms with E-state index in [2.05, 4.69) is 62.3 Å². The molecule has 0 aromatic rings. The molecular weight excluding hydrogens is 404 g/mol. The SMILES string of the molecule is CC1C=CC(C)(C#CC2=C(N)CC(C)(C#CC3=CCC(C)(S)C=C3)C([N+](=O)[O-])=C2)CC1. The molecule has 31 heavy (non-hydrogen) atoms. The minimum Gasteiger partial charge on any atom is -0.401 e. The third-order valence-corrected chi connectivity index (χ3v) is 6.50. The zero-order chi connectivity index (χ0) is 22.9. The largest absolute Gasteiger partial charge is 0.401 e. The standard InChI is InChI=1S/C26H30N2O2S/c1-19-5-11-24(2,12-6-19)13-10-21-17-23(28(29)30)25(3,18-22(21)27)14-7-20-8-15-26(4,31)16-9-20/h5,8-9,11,15,17,19,31H,6,12,16,18,27H2,1-4H3. The van der Waals surface area contributed by atoms with Crippen molar-refractivity contribution in [3.05, 3.63) is 69.1 Å². The van der Waals surface area contributed by atoms with Crippen molar-refractivity contribution in [2.75, 3.05) is 0 Å². The van der Waals surface area contributed by atoms with Gasteiger partial charge in [0.1, 0.15) is 5.41 Å². The van der Waals surface area contributed by atoms with Crippen LogP contribution in [0.15, 0.2) is 59.0 Å². The highest BCUT2D eigenvalue weighted by Crippen LogP contribution is 2.39. The van der Waals surface area contributed by atoms with Crippen molar-refractivity contribution in [3.63, 3.8) is 0 Å². The summed E-state index contributed by atoms with van der Waals surface area (Å²) in [5.74, 6) is 13.2. The fourth-order valence-corrected chi connectivity index (χ4v) is 4.02. The van der Waals surface area contributed by atoms with E-state index in [9.17, 15) is 10.1 Å². The van der Waals surface area contributed by atoms with Crippen LogP contribution in [0.3, 0.4) is 0 Å². The van der Waals surface area contributed by atoms with E-state index in [1.165, 1.54) is 6.08 Å². The Kier molecular flexibility index (Phi) is 6.30. The summed E-state index contributed by atoms with van der Waals surface area (Å²) in [6.45, 7) is 8.09. The zero-order valence-electron chi connectivity index (χ0n) is 18.7. The smallest absolute Gasteiger partial charge is 0.265 e. The molecule has 0 spiro atoms. The lowest BCUT2D eigenvalue weighted by Gasteiger charge is -2.27. The predicted molar refractivity (Wildman–Crippen MR) is 129 cm³/mol. The predicted octanol–water partition coefficient (Wildman–Crippen LogP) is 5.34. The van der Waals surface area contributed by atoms with E-state index >= 15 is 0 Å². The number of thiol groups is 1. The van der Waals surface area contributed by atoms with Crippen molar-refractivity contribution in [2.45, 2.75) is 58.1 Å². The molecule has 3 aliphatic rings. The van der Waals surface area contributed by atoms with Crippen molar-refractivity contribution < 1.29 is 4.92 Å². The van der Waals surface area contributed by atoms with E-state index < -0.39 is 5.41 Å². The molecule has 3 rings (SSSR count). The van der Waals surface area contributed by atoms with Crippen molar-refractivity contribution in [2.24, 2.45) is 22.5 Å². The molecule has 0 radical (unpaired) electrons. The molecule has 4 nitrogen and oxygen atoms in total. The molecule has 3 aliphatic carbocycles. The number of allylic oxidation sites excluding steroid dienone is 9. The molecule has 0 bridgehead atoms. The summed E-state index contributed by atoms with van der Waals surface area (Å²) in [5, 5.41) is 11.9. The number of nitrogens with zero attached hydrogens (tertiary/aromatic N) is 1. The van der Waals surface area contributed by atoms with Crippen LogP contribution in [0.2, 0.25) is 0 Å². The molecule has 162 valence electrons. The quantitative estimate of drug-likeness (QED) is 0.192. The van der Waals surface area contributed by atoms with Crippen LogP contribution >= 0.6 is 12.6 Å². The van der Waals surface area contributed by atoms with Gasteiger partial charge in [0, 0.05) is 39.5 Å². The second-order valence-corrected chi connectivity index (χ2v) is 10.6. The summed E-state index contributed by atoms with van der Waals surface area (Å²) in [6.07, 6.45) is 14.9. The molecule has 4 unspecified atom stereocenters. The van der Waals surface area contributed by atoms with E-state index in [0.717, 1.165) is 24.8 Å². The Morgan fingerprint density at radius 2 is 1.97 bits per heavy atom. The second-order valence-electron chi connectivity index (χ2n) is 9.58. The Balaban J connectivity index is 1.89. The zero-order valence-corrected chi connectivity index (χ0v) is 19.6. The summed E-state index contributed by atoms with van der Waals surface area (Å²) in [4.78, 5) is 11.5. The number of nitro groups is 1. The number of hydrogen-bond acceptors (Lipinski definition) is 4. The second kappa shape index (κ2) is 8.48. The third-order valence-electron chi connectivity index (χ3n) is 6.17. The van der Waals surface area contributed by atoms with E-state index in [1.54, 1.807) is 6.92 Å². The molecule has 5 heteroatoms. The van der Waals surface area contributed by atoms with Gasteiger partial charge in [-0.15, -0.1) is 0 Å². The van der Waals surface area contributed by atoms with Crippen LogP contribution in [-0.2, 0) is 0 Å². The maximum atomic E-state index is 11.9. The molecular formula is C26H30N2O2S. The van der Waals surface area contributed by atoms with E-state index in [1.807, 2.05) is 25.2 Å². The van der Waals surface area contributed by atoms with E-state index in [0.29, 0.717) is 17.2 Å². The fraction of sp³-hybridized carbons (Fsp3) is 0.462. The van der Waals surface area contributed by atoms with Gasteiger partial charge in [-0.3, -0.25) is 10.1 Å². The Morgan fingerprint density at radius 3 is 2.55 bits per heavy atom. The van der Waals surface area contributed by atoms with Gasteiger partial charge in [0.15, 0.2) is 0 Å². The molecule has 4 atom stereocenters. The molecule has 0 aromatic heterocycles. The first kappa shape index (κ1) is 23.0. The van der Waals surface area contributed by atoms with Crippen molar-refractivity contribution in [1.82, 2.24) is 0 Å². The van der Waals surface area contributed by atoms with Gasteiger partial charge in [-0.25, -0.2) is 0 Å². The third kappa shape index (κ3) is 5.54. The number of rotatable bonds is 1. The van der Waals surface area contributed by atoms with Gasteiger partial charge in [-0.1, -0.05) is 54.9 Å². The highest BCUT2D eigenvalue weighted by Gasteiger charge is 2.40. The van der Waals surface area contributed by atoms with Gasteiger partial charge in [-0.2, -0.15) is 12.6 Å². The minimum atomic E-state index is -0.973. The first-order chi connectivity index (χ1) is 14.4. The Morgan fingerprint density at radius 1 is 1.23 bits per heavy atom. The van der Waals surface area contributed by atoms with Gasteiger partial charge in [0.2, 0.25) is 0 Å². The summed E-state index contributed by atoms with van der Waals surface area (Å²) < 4.78 is -0.186. The highest BCUT2D eigenvalue weighted by molar-refractivity contribution is 7.82. The topological polar surface area (TPSA) is 69.2 Å². The van der Waals surface area contributed by atoms with E-state index in [-0.39, 0.29) is 27.2 Å². The Bertz CT molecular complexity index is 1070. The van der Waals surface area contributed by atoms with Crippen LogP contribution in [0.25, 0.3) is 0 Å². The number of hydrogen-bond donors (Lipinski definition) is 2. The Labute approximate surface area is 191 Å². The monoisotopic (exact) mass is 434 g/mol. The summed E-state index contributed by atoms with van der Waals surface area (Å²) in [6, 6.07) is 0. The van der Waals surface area contributed by atoms with Crippen molar-refractivity contribution in [1.29, 1.82) is 0 Å². The summed E-state index contributed by atoms with van der Waals surface area (Å²) in [5.41, 5.74) is 7.08. The van der Waals surface area contributed by atoms with Crippen molar-refractivity contribution in [3.8, 4) is 23.7 Å². The first-order valence-corrected chi connectivity index (χ1v) is 11.1. The van der Waals surface area contributed by atoms with Crippen LogP contribution in [0, 0.1) is 50.5 Å². The van der Waals surface area contributed by atoms with Gasteiger partial charge in [0.25, 0.3) is 5.70 Å². The van der Waals surface area contributed by atoms with Crippen LogP contribution in [0.4, 0.5) is 0 Å². The minimum absolute atomic E-state index is 0.0379. The van der Waals surface area contributed by atoms with Gasteiger partial charge >= 0.3 is 0 Å².